The Balaban J connectivity index is 2.28. The molecule has 0 N–H and O–H groups in total. The Bertz CT molecular complexity index is 627. The fourth-order valence-corrected chi connectivity index (χ4v) is 2.55. The normalized spacial score (nSPS) is 10.7. The molecule has 6 heteroatoms. The van der Waals surface area contributed by atoms with Gasteiger partial charge < -0.3 is 0 Å². The Morgan fingerprint density at radius 1 is 1.53 bits per heavy atom. The molecular weight excluding hydrogens is 335 g/mol. The van der Waals surface area contributed by atoms with Gasteiger partial charge in [0.1, 0.15) is 11.5 Å². The van der Waals surface area contributed by atoms with Gasteiger partial charge in [-0.1, -0.05) is 17.7 Å². The molecule has 19 heavy (non-hydrogen) atoms. The Hall–Kier alpha value is -1.20. The maximum atomic E-state index is 13.0. The molecule has 0 fully saturated rings. The van der Waals surface area contributed by atoms with Gasteiger partial charge in [-0.05, 0) is 40.5 Å². The number of hydrogen-bond acceptors (Lipinski definition) is 2. The third-order valence-electron chi connectivity index (χ3n) is 2.72. The lowest BCUT2D eigenvalue weighted by Crippen LogP contribution is -2.12. The fourth-order valence-electron chi connectivity index (χ4n) is 1.80. The number of aromatic nitrogens is 2. The molecule has 0 aliphatic heterocycles. The second kappa shape index (κ2) is 5.84. The van der Waals surface area contributed by atoms with Crippen molar-refractivity contribution in [2.45, 2.75) is 19.9 Å². The Kier molecular flexibility index (Phi) is 4.37. The number of carbonyl (C=O) groups excluding carboxylic acids is 1. The van der Waals surface area contributed by atoms with E-state index in [0.717, 1.165) is 0 Å². The minimum Gasteiger partial charge on any atom is -0.292 e. The third kappa shape index (κ3) is 3.04. The smallest absolute Gasteiger partial charge is 0.186 e. The maximum absolute atomic E-state index is 13.0. The van der Waals surface area contributed by atoms with Gasteiger partial charge in [0.2, 0.25) is 0 Å². The first kappa shape index (κ1) is 14.2. The van der Waals surface area contributed by atoms with Gasteiger partial charge in [-0.15, -0.1) is 0 Å². The summed E-state index contributed by atoms with van der Waals surface area (Å²) in [6, 6.07) is 4.02. The molecule has 0 aliphatic carbocycles. The average Bonchev–Trinajstić information content (AvgIpc) is 2.74. The molecule has 0 amide bonds. The molecular formula is C13H11BrClFN2O. The van der Waals surface area contributed by atoms with Gasteiger partial charge in [-0.25, -0.2) is 4.39 Å². The zero-order chi connectivity index (χ0) is 14.0. The van der Waals surface area contributed by atoms with Gasteiger partial charge in [-0.2, -0.15) is 5.10 Å². The second-order valence-corrected chi connectivity index (χ2v) is 5.25. The van der Waals surface area contributed by atoms with E-state index in [1.165, 1.54) is 18.2 Å². The number of Topliss-reactive ketones (excluding diaryl/α,β-unsaturated/α-hetero) is 1. The van der Waals surface area contributed by atoms with Gasteiger partial charge in [0.05, 0.1) is 10.7 Å². The van der Waals surface area contributed by atoms with E-state index >= 15 is 0 Å². The predicted octanol–water partition coefficient (Wildman–Crippen LogP) is 3.88. The number of hydrogen-bond donors (Lipinski definition) is 0. The third-order valence-corrected chi connectivity index (χ3v) is 3.66. The van der Waals surface area contributed by atoms with Gasteiger partial charge in [-0.3, -0.25) is 9.48 Å². The van der Waals surface area contributed by atoms with E-state index in [1.807, 2.05) is 6.92 Å². The van der Waals surface area contributed by atoms with E-state index in [1.54, 1.807) is 10.9 Å². The van der Waals surface area contributed by atoms with Crippen molar-refractivity contribution in [1.29, 1.82) is 0 Å². The van der Waals surface area contributed by atoms with E-state index in [0.29, 0.717) is 22.3 Å². The minimum atomic E-state index is -0.416. The van der Waals surface area contributed by atoms with Crippen LogP contribution >= 0.6 is 27.5 Å². The molecule has 2 aromatic rings. The second-order valence-electron chi connectivity index (χ2n) is 3.99. The van der Waals surface area contributed by atoms with Crippen LogP contribution in [0.5, 0.6) is 0 Å². The van der Waals surface area contributed by atoms with E-state index in [4.69, 9.17) is 11.6 Å². The number of rotatable bonds is 4. The van der Waals surface area contributed by atoms with E-state index < -0.39 is 5.82 Å². The molecule has 0 radical (unpaired) electrons. The first-order chi connectivity index (χ1) is 9.02. The highest BCUT2D eigenvalue weighted by atomic mass is 79.9. The molecule has 0 atom stereocenters. The Morgan fingerprint density at radius 3 is 2.89 bits per heavy atom. The molecule has 0 unspecified atom stereocenters. The van der Waals surface area contributed by atoms with Crippen LogP contribution in [-0.4, -0.2) is 15.6 Å². The molecule has 1 aromatic heterocycles. The van der Waals surface area contributed by atoms with Gasteiger partial charge in [0.15, 0.2) is 5.78 Å². The first-order valence-corrected chi connectivity index (χ1v) is 6.88. The minimum absolute atomic E-state index is 0.111. The van der Waals surface area contributed by atoms with Crippen molar-refractivity contribution in [3.63, 3.8) is 0 Å². The number of nitrogens with zero attached hydrogens (tertiary/aromatic N) is 2. The molecule has 3 nitrogen and oxygen atoms in total. The van der Waals surface area contributed by atoms with Crippen LogP contribution in [0.15, 0.2) is 28.9 Å². The molecule has 0 saturated carbocycles. The molecule has 1 aromatic carbocycles. The quantitative estimate of drug-likeness (QED) is 0.788. The molecule has 0 saturated heterocycles. The van der Waals surface area contributed by atoms with Crippen LogP contribution in [0.1, 0.15) is 23.0 Å². The number of benzene rings is 1. The van der Waals surface area contributed by atoms with Crippen LogP contribution in [0.25, 0.3) is 0 Å². The van der Waals surface area contributed by atoms with Crippen molar-refractivity contribution in [1.82, 2.24) is 9.78 Å². The van der Waals surface area contributed by atoms with Crippen LogP contribution in [0.4, 0.5) is 4.39 Å². The van der Waals surface area contributed by atoms with Crippen molar-refractivity contribution >= 4 is 33.3 Å². The van der Waals surface area contributed by atoms with E-state index in [9.17, 15) is 9.18 Å². The molecule has 1 heterocycles. The number of halogens is 3. The van der Waals surface area contributed by atoms with Crippen molar-refractivity contribution in [3.8, 4) is 0 Å². The van der Waals surface area contributed by atoms with E-state index in [-0.39, 0.29) is 17.2 Å². The highest BCUT2D eigenvalue weighted by Gasteiger charge is 2.18. The SMILES string of the molecule is CCn1ncc(Br)c1C(=O)Cc1ccc(F)cc1Cl. The summed E-state index contributed by atoms with van der Waals surface area (Å²) < 4.78 is 15.2. The molecule has 0 bridgehead atoms. The highest BCUT2D eigenvalue weighted by Crippen LogP contribution is 2.22. The van der Waals surface area contributed by atoms with Crippen molar-refractivity contribution in [3.05, 3.63) is 51.0 Å². The maximum Gasteiger partial charge on any atom is 0.186 e. The van der Waals surface area contributed by atoms with Crippen LogP contribution in [0.2, 0.25) is 5.02 Å². The lowest BCUT2D eigenvalue weighted by molar-refractivity contribution is 0.0982. The summed E-state index contributed by atoms with van der Waals surface area (Å²) in [5.74, 6) is -0.527. The number of carbonyl (C=O) groups is 1. The average molecular weight is 346 g/mol. The van der Waals surface area contributed by atoms with Crippen LogP contribution in [0.3, 0.4) is 0 Å². The van der Waals surface area contributed by atoms with Crippen LogP contribution in [0, 0.1) is 5.82 Å². The first-order valence-electron chi connectivity index (χ1n) is 5.71. The lowest BCUT2D eigenvalue weighted by Gasteiger charge is -2.06. The zero-order valence-corrected chi connectivity index (χ0v) is 12.5. The van der Waals surface area contributed by atoms with E-state index in [2.05, 4.69) is 21.0 Å². The molecule has 0 aliphatic rings. The standard InChI is InChI=1S/C13H11BrClFN2O/c1-2-18-13(10(14)7-17-18)12(19)5-8-3-4-9(16)6-11(8)15/h3-4,6-7H,2,5H2,1H3. The summed E-state index contributed by atoms with van der Waals surface area (Å²) in [7, 11) is 0. The molecule has 2 rings (SSSR count). The summed E-state index contributed by atoms with van der Waals surface area (Å²) in [6.45, 7) is 2.50. The lowest BCUT2D eigenvalue weighted by atomic mass is 10.1. The fraction of sp³-hybridized carbons (Fsp3) is 0.231. The largest absolute Gasteiger partial charge is 0.292 e. The monoisotopic (exact) mass is 344 g/mol. The van der Waals surface area contributed by atoms with Gasteiger partial charge in [0, 0.05) is 18.0 Å². The Morgan fingerprint density at radius 2 is 2.26 bits per heavy atom. The Labute approximate surface area is 123 Å². The van der Waals surface area contributed by atoms with Gasteiger partial charge in [0.25, 0.3) is 0 Å². The van der Waals surface area contributed by atoms with Crippen molar-refractivity contribution in [2.75, 3.05) is 0 Å². The summed E-state index contributed by atoms with van der Waals surface area (Å²) >= 11 is 9.23. The van der Waals surface area contributed by atoms with Crippen molar-refractivity contribution in [2.24, 2.45) is 0 Å². The summed E-state index contributed by atoms with van der Waals surface area (Å²) in [5, 5.41) is 4.35. The zero-order valence-electron chi connectivity index (χ0n) is 10.2. The summed E-state index contributed by atoms with van der Waals surface area (Å²) in [4.78, 5) is 12.3. The highest BCUT2D eigenvalue weighted by molar-refractivity contribution is 9.10. The van der Waals surface area contributed by atoms with Crippen molar-refractivity contribution < 1.29 is 9.18 Å². The predicted molar refractivity (Wildman–Crippen MR) is 75.0 cm³/mol. The number of ketones is 1. The van der Waals surface area contributed by atoms with Crippen LogP contribution in [-0.2, 0) is 13.0 Å². The van der Waals surface area contributed by atoms with Crippen LogP contribution < -0.4 is 0 Å². The summed E-state index contributed by atoms with van der Waals surface area (Å²) in [6.07, 6.45) is 1.70. The topological polar surface area (TPSA) is 34.9 Å². The van der Waals surface area contributed by atoms with Gasteiger partial charge >= 0.3 is 0 Å². The molecule has 100 valence electrons. The number of aryl methyl sites for hydroxylation is 1. The summed E-state index contributed by atoms with van der Waals surface area (Å²) in [5.41, 5.74) is 1.10. The molecule has 0 spiro atoms.